The Labute approximate surface area is 345 Å². The van der Waals surface area contributed by atoms with Crippen LogP contribution in [0.25, 0.3) is 38.1 Å². The first-order chi connectivity index (χ1) is 29.2. The molecule has 15 heteroatoms. The van der Waals surface area contributed by atoms with Crippen molar-refractivity contribution in [2.75, 3.05) is 33.0 Å². The number of aromatic nitrogens is 1. The van der Waals surface area contributed by atoms with Gasteiger partial charge >= 0.3 is 11.9 Å². The van der Waals surface area contributed by atoms with Crippen molar-refractivity contribution in [1.82, 2.24) is 9.47 Å². The smallest absolute Gasteiger partial charge is 0.343 e. The third kappa shape index (κ3) is 8.57. The highest BCUT2D eigenvalue weighted by atomic mass is 19.2. The standard InChI is InChI=1S/C22H14FNO4.C14H14F3NO3.C10H9NO/c1-2-27-22(26)15-11-24-18-13-6-4-3-5-12(13)7-10-17(18)28-21-16(23)9-8-14(19(21)24)20(15)25;1-4-21-14(20)9(7-18(2)3)13(19)8-5-6-10(15)12(17)11(8)16;11-10-8-4-2-1-3-7(8)5-6-9(10)12/h3-11H,2H2,1H3;5-7H,4H2,1-3H3;1-6,12H,11H2/b;9-7-;. The highest BCUT2D eigenvalue weighted by Gasteiger charge is 2.29. The second kappa shape index (κ2) is 18.1. The van der Waals surface area contributed by atoms with Crippen LogP contribution in [0, 0.1) is 23.3 Å². The second-order valence-electron chi connectivity index (χ2n) is 13.5. The number of hydrogen-bond donors (Lipinski definition) is 2. The van der Waals surface area contributed by atoms with Crippen LogP contribution in [0.1, 0.15) is 34.6 Å². The molecule has 0 unspecified atom stereocenters. The number of carbonyl (C=O) groups is 3. The summed E-state index contributed by atoms with van der Waals surface area (Å²) in [7, 11) is 3.07. The summed E-state index contributed by atoms with van der Waals surface area (Å²) >= 11 is 0. The third-order valence-corrected chi connectivity index (χ3v) is 9.24. The molecule has 0 fully saturated rings. The molecule has 0 bridgehead atoms. The molecule has 1 aromatic heterocycles. The lowest BCUT2D eigenvalue weighted by Gasteiger charge is -2.25. The number of aromatic hydroxyl groups is 1. The lowest BCUT2D eigenvalue weighted by Crippen LogP contribution is -2.22. The number of nitrogens with two attached hydrogens (primary N) is 1. The maximum absolute atomic E-state index is 14.5. The SMILES string of the molecule is CCOC(=O)/C(=C\N(C)C)C(=O)c1ccc(F)c(F)c1F.CCOC(=O)c1cn2c3c(c(F)ccc3c1=O)Oc1ccc3ccccc3c1-2.Nc1c(O)ccc2ccccc12. The van der Waals surface area contributed by atoms with E-state index in [1.807, 2.05) is 60.7 Å². The van der Waals surface area contributed by atoms with Crippen molar-refractivity contribution in [3.63, 3.8) is 0 Å². The van der Waals surface area contributed by atoms with Gasteiger partial charge in [-0.25, -0.2) is 27.2 Å². The Hall–Kier alpha value is -7.68. The predicted molar refractivity (Wildman–Crippen MR) is 222 cm³/mol. The van der Waals surface area contributed by atoms with E-state index in [4.69, 9.17) is 19.9 Å². The van der Waals surface area contributed by atoms with Gasteiger partial charge < -0.3 is 34.5 Å². The summed E-state index contributed by atoms with van der Waals surface area (Å²) in [6.45, 7) is 3.36. The van der Waals surface area contributed by atoms with Crippen molar-refractivity contribution < 1.29 is 51.3 Å². The molecule has 8 rings (SSSR count). The molecule has 0 amide bonds. The summed E-state index contributed by atoms with van der Waals surface area (Å²) in [6, 6.07) is 26.4. The number of esters is 2. The number of benzene rings is 6. The Bertz CT molecular complexity index is 2970. The van der Waals surface area contributed by atoms with Gasteiger partial charge in [-0.15, -0.1) is 0 Å². The average molecular weight is 836 g/mol. The minimum absolute atomic E-state index is 0.0111. The minimum Gasteiger partial charge on any atom is -0.506 e. The first-order valence-corrected chi connectivity index (χ1v) is 18.6. The van der Waals surface area contributed by atoms with E-state index in [2.05, 4.69) is 0 Å². The molecule has 312 valence electrons. The number of nitrogen functional groups attached to an aromatic ring is 1. The van der Waals surface area contributed by atoms with Crippen molar-refractivity contribution in [2.45, 2.75) is 13.8 Å². The number of phenolic OH excluding ortho intramolecular Hbond substituents is 1. The highest BCUT2D eigenvalue weighted by molar-refractivity contribution is 6.24. The zero-order valence-electron chi connectivity index (χ0n) is 33.1. The topological polar surface area (TPSA) is 150 Å². The molecule has 0 atom stereocenters. The van der Waals surface area contributed by atoms with Crippen LogP contribution in [0.5, 0.6) is 17.2 Å². The quantitative estimate of drug-likeness (QED) is 0.0183. The van der Waals surface area contributed by atoms with E-state index in [9.17, 15) is 41.8 Å². The van der Waals surface area contributed by atoms with E-state index < -0.39 is 57.6 Å². The second-order valence-corrected chi connectivity index (χ2v) is 13.5. The summed E-state index contributed by atoms with van der Waals surface area (Å²) in [5, 5.41) is 13.2. The van der Waals surface area contributed by atoms with Crippen molar-refractivity contribution in [3.05, 3.63) is 160 Å². The molecule has 0 saturated carbocycles. The number of Topliss-reactive ketones (excluding diaryl/α,β-unsaturated/α-hetero) is 1. The first kappa shape index (κ1) is 42.9. The molecule has 0 aliphatic carbocycles. The number of ether oxygens (including phenoxy) is 3. The molecular formula is C46H37F4N3O8. The van der Waals surface area contributed by atoms with Crippen LogP contribution in [-0.2, 0) is 14.3 Å². The fraction of sp³-hybridized carbons (Fsp3) is 0.130. The molecule has 1 aliphatic rings. The van der Waals surface area contributed by atoms with Gasteiger partial charge in [0.05, 0.1) is 35.5 Å². The van der Waals surface area contributed by atoms with Gasteiger partial charge in [0.25, 0.3) is 0 Å². The van der Waals surface area contributed by atoms with E-state index in [1.165, 1.54) is 44.2 Å². The summed E-state index contributed by atoms with van der Waals surface area (Å²) in [5.74, 6) is -7.63. The zero-order chi connectivity index (χ0) is 44.1. The molecule has 3 N–H and O–H groups in total. The maximum Gasteiger partial charge on any atom is 0.343 e. The van der Waals surface area contributed by atoms with Crippen molar-refractivity contribution >= 4 is 55.9 Å². The Balaban J connectivity index is 0.000000166. The lowest BCUT2D eigenvalue weighted by atomic mass is 10.0. The summed E-state index contributed by atoms with van der Waals surface area (Å²) < 4.78 is 71.4. The van der Waals surface area contributed by atoms with Gasteiger partial charge in [-0.3, -0.25) is 9.59 Å². The predicted octanol–water partition coefficient (Wildman–Crippen LogP) is 8.99. The number of hydrogen-bond acceptors (Lipinski definition) is 10. The van der Waals surface area contributed by atoms with Crippen LogP contribution >= 0.6 is 0 Å². The molecule has 1 aliphatic heterocycles. The van der Waals surface area contributed by atoms with Gasteiger partial charge in [-0.2, -0.15) is 0 Å². The van der Waals surface area contributed by atoms with E-state index in [1.54, 1.807) is 23.6 Å². The lowest BCUT2D eigenvalue weighted by molar-refractivity contribution is -0.138. The fourth-order valence-corrected chi connectivity index (χ4v) is 6.47. The summed E-state index contributed by atoms with van der Waals surface area (Å²) in [4.78, 5) is 50.5. The van der Waals surface area contributed by atoms with Crippen molar-refractivity contribution in [3.8, 4) is 22.9 Å². The van der Waals surface area contributed by atoms with Crippen LogP contribution in [0.15, 0.2) is 120 Å². The van der Waals surface area contributed by atoms with E-state index in [0.717, 1.165) is 33.8 Å². The highest BCUT2D eigenvalue weighted by Crippen LogP contribution is 2.44. The average Bonchev–Trinajstić information content (AvgIpc) is 3.25. The van der Waals surface area contributed by atoms with Gasteiger partial charge in [0, 0.05) is 37.3 Å². The van der Waals surface area contributed by atoms with Crippen LogP contribution in [-0.4, -0.2) is 59.6 Å². The van der Waals surface area contributed by atoms with Crippen LogP contribution < -0.4 is 15.9 Å². The number of carbonyl (C=O) groups excluding carboxylic acids is 3. The zero-order valence-corrected chi connectivity index (χ0v) is 33.1. The largest absolute Gasteiger partial charge is 0.506 e. The van der Waals surface area contributed by atoms with Crippen LogP contribution in [0.3, 0.4) is 0 Å². The fourth-order valence-electron chi connectivity index (χ4n) is 6.47. The normalized spacial score (nSPS) is 11.4. The van der Waals surface area contributed by atoms with Crippen LogP contribution in [0.4, 0.5) is 23.2 Å². The third-order valence-electron chi connectivity index (χ3n) is 9.24. The molecule has 0 spiro atoms. The molecule has 0 saturated heterocycles. The van der Waals surface area contributed by atoms with Gasteiger partial charge in [0.15, 0.2) is 34.8 Å². The van der Waals surface area contributed by atoms with Gasteiger partial charge in [-0.05, 0) is 61.0 Å². The first-order valence-electron chi connectivity index (χ1n) is 18.6. The van der Waals surface area contributed by atoms with Crippen LogP contribution in [0.2, 0.25) is 0 Å². The Morgan fingerprint density at radius 3 is 2.05 bits per heavy atom. The molecule has 0 radical (unpaired) electrons. The number of rotatable bonds is 7. The molecule has 61 heavy (non-hydrogen) atoms. The van der Waals surface area contributed by atoms with Crippen molar-refractivity contribution in [2.24, 2.45) is 0 Å². The number of ketones is 1. The molecule has 2 heterocycles. The number of anilines is 1. The summed E-state index contributed by atoms with van der Waals surface area (Å²) in [6.07, 6.45) is 2.54. The van der Waals surface area contributed by atoms with E-state index >= 15 is 0 Å². The van der Waals surface area contributed by atoms with Crippen molar-refractivity contribution in [1.29, 1.82) is 0 Å². The number of pyridine rings is 1. The van der Waals surface area contributed by atoms with Gasteiger partial charge in [0.1, 0.15) is 22.4 Å². The maximum atomic E-state index is 14.5. The molecule has 11 nitrogen and oxygen atoms in total. The van der Waals surface area contributed by atoms with Gasteiger partial charge in [-0.1, -0.05) is 60.7 Å². The summed E-state index contributed by atoms with van der Waals surface area (Å²) in [5.41, 5.74) is 5.22. The molecule has 7 aromatic rings. The molecule has 6 aromatic carbocycles. The number of phenols is 1. The number of nitrogens with zero attached hydrogens (tertiary/aromatic N) is 2. The number of halogens is 4. The Morgan fingerprint density at radius 1 is 0.754 bits per heavy atom. The van der Waals surface area contributed by atoms with E-state index in [0.29, 0.717) is 28.7 Å². The van der Waals surface area contributed by atoms with Gasteiger partial charge in [0.2, 0.25) is 11.2 Å². The van der Waals surface area contributed by atoms with E-state index in [-0.39, 0.29) is 35.7 Å². The Kier molecular flexibility index (Phi) is 12.7. The monoisotopic (exact) mass is 835 g/mol. The Morgan fingerprint density at radius 2 is 1.38 bits per heavy atom. The molecular weight excluding hydrogens is 799 g/mol. The number of fused-ring (bicyclic) bond motifs is 5. The minimum atomic E-state index is -1.77.